The van der Waals surface area contributed by atoms with Crippen molar-refractivity contribution in [1.29, 1.82) is 0 Å². The third-order valence-electron chi connectivity index (χ3n) is 3.23. The van der Waals surface area contributed by atoms with Gasteiger partial charge in [-0.25, -0.2) is 0 Å². The molecule has 8 heteroatoms. The van der Waals surface area contributed by atoms with Crippen molar-refractivity contribution in [3.05, 3.63) is 50.8 Å². The molecule has 0 unspecified atom stereocenters. The average molecular weight is 460 g/mol. The number of aromatic nitrogens is 1. The number of carboxylic acids is 1. The number of rotatable bonds is 3. The number of nitrogens with zero attached hydrogens (tertiary/aromatic N) is 1. The number of halogens is 3. The van der Waals surface area contributed by atoms with Crippen LogP contribution in [0.25, 0.3) is 11.0 Å². The Kier molecular flexibility index (Phi) is 4.49. The van der Waals surface area contributed by atoms with Crippen molar-refractivity contribution >= 4 is 68.9 Å². The first-order valence-electron chi connectivity index (χ1n) is 6.37. The Labute approximate surface area is 150 Å². The van der Waals surface area contributed by atoms with Crippen LogP contribution in [0.5, 0.6) is 0 Å². The minimum atomic E-state index is -1.19. The van der Waals surface area contributed by atoms with Crippen molar-refractivity contribution < 1.29 is 18.8 Å². The third kappa shape index (κ3) is 3.03. The van der Waals surface area contributed by atoms with Gasteiger partial charge in [-0.05, 0) is 0 Å². The molecular formula is C15H8AsBrClFNO3. The number of carbonyl (C=O) groups is 1. The van der Waals surface area contributed by atoms with Gasteiger partial charge in [0.1, 0.15) is 0 Å². The molecule has 23 heavy (non-hydrogen) atoms. The molecule has 0 aliphatic heterocycles. The van der Waals surface area contributed by atoms with Crippen molar-refractivity contribution in [3.63, 3.8) is 0 Å². The maximum absolute atomic E-state index is 14.8. The SMILES string of the molecule is Cc1noc2c(F)c([As]c3ccc(Br)cc3Cl)c(C(=O)O)cc12. The summed E-state index contributed by atoms with van der Waals surface area (Å²) in [4.78, 5) is 11.5. The first-order valence-corrected chi connectivity index (χ1v) is 9.42. The van der Waals surface area contributed by atoms with E-state index in [9.17, 15) is 14.3 Å². The van der Waals surface area contributed by atoms with Gasteiger partial charge in [-0.1, -0.05) is 0 Å². The second kappa shape index (κ2) is 6.27. The van der Waals surface area contributed by atoms with E-state index in [1.54, 1.807) is 25.1 Å². The zero-order chi connectivity index (χ0) is 16.7. The predicted molar refractivity (Wildman–Crippen MR) is 89.8 cm³/mol. The van der Waals surface area contributed by atoms with Gasteiger partial charge in [-0.3, -0.25) is 0 Å². The molecule has 0 spiro atoms. The number of fused-ring (bicyclic) bond motifs is 1. The molecule has 0 atom stereocenters. The quantitative estimate of drug-likeness (QED) is 0.612. The molecule has 2 aromatic carbocycles. The van der Waals surface area contributed by atoms with Crippen LogP contribution < -0.4 is 8.70 Å². The molecule has 0 saturated heterocycles. The van der Waals surface area contributed by atoms with E-state index in [0.717, 1.165) is 4.47 Å². The second-order valence-corrected chi connectivity index (χ2v) is 8.49. The summed E-state index contributed by atoms with van der Waals surface area (Å²) < 4.78 is 21.4. The molecule has 0 bridgehead atoms. The fourth-order valence-corrected chi connectivity index (χ4v) is 5.19. The third-order valence-corrected chi connectivity index (χ3v) is 7.04. The van der Waals surface area contributed by atoms with Gasteiger partial charge in [0.25, 0.3) is 0 Å². The number of benzene rings is 2. The predicted octanol–water partition coefficient (Wildman–Crippen LogP) is 3.04. The van der Waals surface area contributed by atoms with Crippen LogP contribution >= 0.6 is 27.5 Å². The summed E-state index contributed by atoms with van der Waals surface area (Å²) in [6.45, 7) is 1.63. The number of hydrogen-bond donors (Lipinski definition) is 1. The topological polar surface area (TPSA) is 63.3 Å². The Hall–Kier alpha value is -1.36. The molecule has 0 amide bonds. The van der Waals surface area contributed by atoms with Gasteiger partial charge >= 0.3 is 151 Å². The van der Waals surface area contributed by atoms with Crippen LogP contribution in [0.15, 0.2) is 33.3 Å². The fraction of sp³-hybridized carbons (Fsp3) is 0.0667. The Morgan fingerprint density at radius 1 is 1.43 bits per heavy atom. The van der Waals surface area contributed by atoms with Gasteiger partial charge in [-0.2, -0.15) is 0 Å². The fourth-order valence-electron chi connectivity index (χ4n) is 2.11. The van der Waals surface area contributed by atoms with E-state index in [-0.39, 0.29) is 15.5 Å². The van der Waals surface area contributed by atoms with Crippen LogP contribution in [-0.4, -0.2) is 32.0 Å². The zero-order valence-electron chi connectivity index (χ0n) is 11.6. The van der Waals surface area contributed by atoms with E-state index < -0.39 is 27.5 Å². The van der Waals surface area contributed by atoms with Gasteiger partial charge in [0, 0.05) is 0 Å². The zero-order valence-corrected chi connectivity index (χ0v) is 15.8. The monoisotopic (exact) mass is 458 g/mol. The Morgan fingerprint density at radius 2 is 2.17 bits per heavy atom. The standard InChI is InChI=1S/C15H8AsBrClFNO3/c1-6-8-5-9(15(21)22)12(13(19)14(8)23-20-6)16-10-3-2-7(17)4-11(10)18/h2-5H,1H3,(H,21,22). The molecule has 1 N–H and O–H groups in total. The van der Waals surface area contributed by atoms with Crippen molar-refractivity contribution in [1.82, 2.24) is 5.16 Å². The molecule has 1 radical (unpaired) electrons. The van der Waals surface area contributed by atoms with Gasteiger partial charge in [0.05, 0.1) is 0 Å². The molecule has 1 heterocycles. The molecule has 0 aliphatic carbocycles. The van der Waals surface area contributed by atoms with Gasteiger partial charge in [0.15, 0.2) is 0 Å². The van der Waals surface area contributed by atoms with Crippen molar-refractivity contribution in [2.45, 2.75) is 6.92 Å². The molecule has 0 aliphatic rings. The van der Waals surface area contributed by atoms with E-state index in [1.165, 1.54) is 6.07 Å². The maximum atomic E-state index is 14.8. The van der Waals surface area contributed by atoms with Gasteiger partial charge < -0.3 is 0 Å². The summed E-state index contributed by atoms with van der Waals surface area (Å²) in [5, 5.41) is 14.0. The molecular weight excluding hydrogens is 451 g/mol. The van der Waals surface area contributed by atoms with Gasteiger partial charge in [-0.15, -0.1) is 0 Å². The van der Waals surface area contributed by atoms with Gasteiger partial charge in [0.2, 0.25) is 0 Å². The number of aryl methyl sites for hydroxylation is 1. The van der Waals surface area contributed by atoms with Crippen LogP contribution in [-0.2, 0) is 0 Å². The number of hydrogen-bond acceptors (Lipinski definition) is 3. The molecule has 0 fully saturated rings. The van der Waals surface area contributed by atoms with Crippen molar-refractivity contribution in [2.75, 3.05) is 0 Å². The number of carboxylic acid groups (broad SMARTS) is 1. The Bertz CT molecular complexity index is 944. The molecule has 3 rings (SSSR count). The first kappa shape index (κ1) is 16.5. The first-order chi connectivity index (χ1) is 10.9. The molecule has 3 aromatic rings. The summed E-state index contributed by atoms with van der Waals surface area (Å²) in [7, 11) is 0. The van der Waals surface area contributed by atoms with Crippen LogP contribution in [0.3, 0.4) is 0 Å². The minimum absolute atomic E-state index is 0.0222. The summed E-state index contributed by atoms with van der Waals surface area (Å²) in [6.07, 6.45) is 0. The second-order valence-electron chi connectivity index (χ2n) is 4.74. The summed E-state index contributed by atoms with van der Waals surface area (Å²) in [5.41, 5.74) is 0.345. The average Bonchev–Trinajstić information content (AvgIpc) is 2.85. The van der Waals surface area contributed by atoms with Crippen LogP contribution in [0.1, 0.15) is 16.1 Å². The summed E-state index contributed by atoms with van der Waals surface area (Å²) in [6, 6.07) is 6.64. The van der Waals surface area contributed by atoms with E-state index in [4.69, 9.17) is 16.1 Å². The summed E-state index contributed by atoms with van der Waals surface area (Å²) in [5.74, 6) is -1.87. The van der Waals surface area contributed by atoms with Crippen molar-refractivity contribution in [3.8, 4) is 0 Å². The molecule has 117 valence electrons. The summed E-state index contributed by atoms with van der Waals surface area (Å²) >= 11 is 8.51. The Morgan fingerprint density at radius 3 is 2.83 bits per heavy atom. The molecule has 4 nitrogen and oxygen atoms in total. The van der Waals surface area contributed by atoms with Crippen LogP contribution in [0, 0.1) is 12.7 Å². The molecule has 0 saturated carbocycles. The number of aromatic carboxylic acids is 1. The van der Waals surface area contributed by atoms with Crippen LogP contribution in [0.2, 0.25) is 5.02 Å². The van der Waals surface area contributed by atoms with E-state index in [1.807, 2.05) is 0 Å². The van der Waals surface area contributed by atoms with E-state index >= 15 is 0 Å². The van der Waals surface area contributed by atoms with E-state index in [2.05, 4.69) is 21.1 Å². The van der Waals surface area contributed by atoms with Crippen LogP contribution in [0.4, 0.5) is 4.39 Å². The molecule has 1 aromatic heterocycles. The Balaban J connectivity index is 2.21. The normalized spacial score (nSPS) is 11.7. The van der Waals surface area contributed by atoms with E-state index in [0.29, 0.717) is 20.5 Å². The van der Waals surface area contributed by atoms with Crippen molar-refractivity contribution in [2.24, 2.45) is 0 Å².